The van der Waals surface area contributed by atoms with Crippen LogP contribution in [0.25, 0.3) is 0 Å². The Balaban J connectivity index is 2.25. The molecule has 1 aliphatic rings. The summed E-state index contributed by atoms with van der Waals surface area (Å²) in [4.78, 5) is 11.9. The molecule has 0 saturated heterocycles. The minimum atomic E-state index is -0.0271. The lowest BCUT2D eigenvalue weighted by molar-refractivity contribution is -0.116. The normalized spacial score (nSPS) is 14.9. The van der Waals surface area contributed by atoms with Crippen molar-refractivity contribution >= 4 is 17.3 Å². The summed E-state index contributed by atoms with van der Waals surface area (Å²) in [6.45, 7) is 4.21. The van der Waals surface area contributed by atoms with Crippen molar-refractivity contribution < 1.29 is 4.79 Å². The summed E-state index contributed by atoms with van der Waals surface area (Å²) in [6, 6.07) is 9.01. The highest BCUT2D eigenvalue weighted by atomic mass is 16.2. The van der Waals surface area contributed by atoms with Crippen molar-refractivity contribution in [2.75, 3.05) is 5.01 Å². The van der Waals surface area contributed by atoms with Gasteiger partial charge in [-0.05, 0) is 30.5 Å². The molecule has 0 aliphatic carbocycles. The Morgan fingerprint density at radius 2 is 2.28 bits per heavy atom. The highest BCUT2D eigenvalue weighted by Gasteiger charge is 2.25. The maximum Gasteiger partial charge on any atom is 0.253 e. The zero-order chi connectivity index (χ0) is 13.1. The van der Waals surface area contributed by atoms with Crippen LogP contribution >= 0.6 is 0 Å². The van der Waals surface area contributed by atoms with Gasteiger partial charge in [0.05, 0.1) is 23.7 Å². The molecule has 0 fully saturated rings. The Bertz CT molecular complexity index is 540. The van der Waals surface area contributed by atoms with Gasteiger partial charge >= 0.3 is 0 Å². The third-order valence-corrected chi connectivity index (χ3v) is 2.70. The number of rotatable bonds is 3. The van der Waals surface area contributed by atoms with Gasteiger partial charge < -0.3 is 0 Å². The highest BCUT2D eigenvalue weighted by molar-refractivity contribution is 6.13. The number of hydrazone groups is 1. The molecule has 0 unspecified atom stereocenters. The van der Waals surface area contributed by atoms with E-state index in [-0.39, 0.29) is 5.91 Å². The van der Waals surface area contributed by atoms with E-state index in [0.717, 1.165) is 12.1 Å². The van der Waals surface area contributed by atoms with Gasteiger partial charge in [-0.15, -0.1) is 0 Å². The van der Waals surface area contributed by atoms with Crippen LogP contribution in [-0.2, 0) is 4.79 Å². The van der Waals surface area contributed by atoms with E-state index in [1.165, 1.54) is 5.01 Å². The standard InChI is InChI=1S/C14H15N3O/c1-10(2)6-12-8-14(18)17(16-12)13-5-3-4-11(7-13)9-15/h3-5,7,10H,6,8H2,1-2H3. The third kappa shape index (κ3) is 2.57. The zero-order valence-corrected chi connectivity index (χ0v) is 10.6. The predicted octanol–water partition coefficient (Wildman–Crippen LogP) is 2.70. The lowest BCUT2D eigenvalue weighted by Gasteiger charge is -2.11. The van der Waals surface area contributed by atoms with Gasteiger partial charge in [-0.25, -0.2) is 5.01 Å². The highest BCUT2D eigenvalue weighted by Crippen LogP contribution is 2.23. The van der Waals surface area contributed by atoms with E-state index in [1.54, 1.807) is 24.3 Å². The van der Waals surface area contributed by atoms with Gasteiger partial charge in [0.15, 0.2) is 0 Å². The molecule has 0 saturated carbocycles. The van der Waals surface area contributed by atoms with Gasteiger partial charge in [0, 0.05) is 5.71 Å². The van der Waals surface area contributed by atoms with Crippen LogP contribution in [0, 0.1) is 17.2 Å². The average molecular weight is 241 g/mol. The van der Waals surface area contributed by atoms with Gasteiger partial charge in [-0.2, -0.15) is 10.4 Å². The molecule has 1 heterocycles. The molecule has 4 nitrogen and oxygen atoms in total. The van der Waals surface area contributed by atoms with E-state index < -0.39 is 0 Å². The number of nitriles is 1. The molecule has 0 aromatic heterocycles. The summed E-state index contributed by atoms with van der Waals surface area (Å²) in [5.41, 5.74) is 2.11. The predicted molar refractivity (Wildman–Crippen MR) is 70.2 cm³/mol. The lowest BCUT2D eigenvalue weighted by atomic mass is 10.1. The molecule has 2 rings (SSSR count). The number of hydrogen-bond acceptors (Lipinski definition) is 3. The number of amides is 1. The first-order valence-corrected chi connectivity index (χ1v) is 5.99. The molecule has 0 bridgehead atoms. The summed E-state index contributed by atoms with van der Waals surface area (Å²) >= 11 is 0. The van der Waals surface area contributed by atoms with Crippen molar-refractivity contribution in [2.24, 2.45) is 11.0 Å². The summed E-state index contributed by atoms with van der Waals surface area (Å²) in [5, 5.41) is 14.6. The molecule has 18 heavy (non-hydrogen) atoms. The SMILES string of the molecule is CC(C)CC1=NN(c2cccc(C#N)c2)C(=O)C1. The van der Waals surface area contributed by atoms with Crippen LogP contribution in [0.4, 0.5) is 5.69 Å². The zero-order valence-electron chi connectivity index (χ0n) is 10.6. The first-order chi connectivity index (χ1) is 8.60. The van der Waals surface area contributed by atoms with E-state index in [4.69, 9.17) is 5.26 Å². The molecule has 1 amide bonds. The van der Waals surface area contributed by atoms with Gasteiger partial charge in [-0.1, -0.05) is 19.9 Å². The van der Waals surface area contributed by atoms with Crippen molar-refractivity contribution in [1.29, 1.82) is 5.26 Å². The van der Waals surface area contributed by atoms with Crippen LogP contribution in [0.3, 0.4) is 0 Å². The molecule has 0 atom stereocenters. The number of nitrogens with zero attached hydrogens (tertiary/aromatic N) is 3. The minimum Gasteiger partial charge on any atom is -0.272 e. The van der Waals surface area contributed by atoms with Gasteiger partial charge in [0.25, 0.3) is 5.91 Å². The first kappa shape index (κ1) is 12.3. The maximum absolute atomic E-state index is 11.9. The molecule has 92 valence electrons. The largest absolute Gasteiger partial charge is 0.272 e. The van der Waals surface area contributed by atoms with Crippen LogP contribution < -0.4 is 5.01 Å². The van der Waals surface area contributed by atoms with E-state index in [2.05, 4.69) is 25.0 Å². The lowest BCUT2D eigenvalue weighted by Crippen LogP contribution is -2.19. The van der Waals surface area contributed by atoms with Crippen LogP contribution in [0.5, 0.6) is 0 Å². The van der Waals surface area contributed by atoms with Gasteiger partial charge in [0.2, 0.25) is 0 Å². The second kappa shape index (κ2) is 5.01. The number of anilines is 1. The summed E-state index contributed by atoms with van der Waals surface area (Å²) in [5.74, 6) is 0.461. The van der Waals surface area contributed by atoms with Crippen molar-refractivity contribution in [2.45, 2.75) is 26.7 Å². The van der Waals surface area contributed by atoms with Crippen LogP contribution in [-0.4, -0.2) is 11.6 Å². The van der Waals surface area contributed by atoms with Crippen molar-refractivity contribution in [3.63, 3.8) is 0 Å². The van der Waals surface area contributed by atoms with Gasteiger partial charge in [0.1, 0.15) is 0 Å². The fourth-order valence-electron chi connectivity index (χ4n) is 1.98. The van der Waals surface area contributed by atoms with E-state index in [9.17, 15) is 4.79 Å². The van der Waals surface area contributed by atoms with Crippen molar-refractivity contribution in [3.05, 3.63) is 29.8 Å². The molecule has 0 N–H and O–H groups in total. The molecule has 0 spiro atoms. The second-order valence-electron chi connectivity index (χ2n) is 4.81. The molecule has 1 aromatic rings. The topological polar surface area (TPSA) is 56.5 Å². The molecule has 1 aromatic carbocycles. The quantitative estimate of drug-likeness (QED) is 0.817. The summed E-state index contributed by atoms with van der Waals surface area (Å²) in [6.07, 6.45) is 1.22. The second-order valence-corrected chi connectivity index (χ2v) is 4.81. The molecule has 0 radical (unpaired) electrons. The van der Waals surface area contributed by atoms with Crippen molar-refractivity contribution in [3.8, 4) is 6.07 Å². The third-order valence-electron chi connectivity index (χ3n) is 2.70. The Hall–Kier alpha value is -2.15. The molecular weight excluding hydrogens is 226 g/mol. The Morgan fingerprint density at radius 3 is 2.94 bits per heavy atom. The number of carbonyl (C=O) groups excluding carboxylic acids is 1. The van der Waals surface area contributed by atoms with E-state index in [0.29, 0.717) is 23.6 Å². The molecule has 4 heteroatoms. The Morgan fingerprint density at radius 1 is 1.50 bits per heavy atom. The average Bonchev–Trinajstić information content (AvgIpc) is 2.69. The van der Waals surface area contributed by atoms with Gasteiger partial charge in [-0.3, -0.25) is 4.79 Å². The number of carbonyl (C=O) groups is 1. The van der Waals surface area contributed by atoms with Crippen LogP contribution in [0.2, 0.25) is 0 Å². The fraction of sp³-hybridized carbons (Fsp3) is 0.357. The monoisotopic (exact) mass is 241 g/mol. The minimum absolute atomic E-state index is 0.0271. The number of benzene rings is 1. The molecular formula is C14H15N3O. The molecule has 1 aliphatic heterocycles. The summed E-state index contributed by atoms with van der Waals surface area (Å²) in [7, 11) is 0. The Labute approximate surface area is 107 Å². The first-order valence-electron chi connectivity index (χ1n) is 5.99. The van der Waals surface area contributed by atoms with Crippen LogP contribution in [0.1, 0.15) is 32.3 Å². The number of hydrogen-bond donors (Lipinski definition) is 0. The smallest absolute Gasteiger partial charge is 0.253 e. The van der Waals surface area contributed by atoms with E-state index in [1.807, 2.05) is 0 Å². The van der Waals surface area contributed by atoms with Crippen molar-refractivity contribution in [1.82, 2.24) is 0 Å². The van der Waals surface area contributed by atoms with E-state index >= 15 is 0 Å². The Kier molecular flexibility index (Phi) is 3.42. The maximum atomic E-state index is 11.9. The van der Waals surface area contributed by atoms with Crippen LogP contribution in [0.15, 0.2) is 29.4 Å². The summed E-state index contributed by atoms with van der Waals surface area (Å²) < 4.78 is 0. The fourth-order valence-corrected chi connectivity index (χ4v) is 1.98.